The summed E-state index contributed by atoms with van der Waals surface area (Å²) in [6.45, 7) is 5.22. The molecule has 6 nitrogen and oxygen atoms in total. The third-order valence-corrected chi connectivity index (χ3v) is 3.14. The molecule has 0 saturated carbocycles. The Bertz CT molecular complexity index is 563. The Balaban J connectivity index is 1.73. The fourth-order valence-corrected chi connectivity index (χ4v) is 2.08. The summed E-state index contributed by atoms with van der Waals surface area (Å²) < 4.78 is 7.36. The summed E-state index contributed by atoms with van der Waals surface area (Å²) in [4.78, 5) is 4.11. The second-order valence-corrected chi connectivity index (χ2v) is 5.15. The molecule has 1 heterocycles. The van der Waals surface area contributed by atoms with Crippen LogP contribution >= 0.6 is 0 Å². The van der Waals surface area contributed by atoms with Gasteiger partial charge < -0.3 is 15.2 Å². The maximum atomic E-state index is 9.94. The Morgan fingerprint density at radius 1 is 1.33 bits per heavy atom. The van der Waals surface area contributed by atoms with Crippen molar-refractivity contribution in [3.05, 3.63) is 41.5 Å². The first-order chi connectivity index (χ1) is 10.1. The van der Waals surface area contributed by atoms with E-state index in [0.29, 0.717) is 18.9 Å². The minimum atomic E-state index is -0.576. The van der Waals surface area contributed by atoms with Gasteiger partial charge in [0.2, 0.25) is 0 Å². The Morgan fingerprint density at radius 3 is 2.67 bits per heavy atom. The summed E-state index contributed by atoms with van der Waals surface area (Å²) in [6, 6.07) is 5.99. The van der Waals surface area contributed by atoms with Gasteiger partial charge in [0.05, 0.1) is 6.54 Å². The average molecular weight is 290 g/mol. The van der Waals surface area contributed by atoms with Crippen LogP contribution in [0.25, 0.3) is 0 Å². The van der Waals surface area contributed by atoms with E-state index in [4.69, 9.17) is 4.74 Å². The van der Waals surface area contributed by atoms with Crippen molar-refractivity contribution in [1.29, 1.82) is 0 Å². The Labute approximate surface area is 124 Å². The molecule has 2 aromatic rings. The highest BCUT2D eigenvalue weighted by Crippen LogP contribution is 2.22. The van der Waals surface area contributed by atoms with Crippen molar-refractivity contribution in [2.75, 3.05) is 13.2 Å². The predicted molar refractivity (Wildman–Crippen MR) is 80.1 cm³/mol. The minimum absolute atomic E-state index is 0.258. The molecule has 1 aromatic heterocycles. The molecule has 1 aromatic carbocycles. The molecule has 0 saturated heterocycles. The first-order valence-electron chi connectivity index (χ1n) is 6.98. The molecule has 0 fully saturated rings. The summed E-state index contributed by atoms with van der Waals surface area (Å²) in [5.74, 6) is 1.56. The average Bonchev–Trinajstić information content (AvgIpc) is 2.84. The molecule has 0 aliphatic heterocycles. The predicted octanol–water partition coefficient (Wildman–Crippen LogP) is 0.961. The fourth-order valence-electron chi connectivity index (χ4n) is 2.08. The number of aromatic nitrogens is 3. The van der Waals surface area contributed by atoms with Gasteiger partial charge in [-0.25, -0.2) is 4.98 Å². The molecule has 0 radical (unpaired) electrons. The van der Waals surface area contributed by atoms with Gasteiger partial charge in [0.25, 0.3) is 0 Å². The van der Waals surface area contributed by atoms with E-state index in [-0.39, 0.29) is 6.61 Å². The molecule has 0 spiro atoms. The van der Waals surface area contributed by atoms with Crippen molar-refractivity contribution in [3.8, 4) is 5.75 Å². The zero-order chi connectivity index (χ0) is 15.2. The fraction of sp³-hybridized carbons (Fsp3) is 0.467. The van der Waals surface area contributed by atoms with E-state index in [1.54, 1.807) is 11.0 Å². The number of nitrogens with one attached hydrogen (secondary N) is 1. The molecule has 2 rings (SSSR count). The van der Waals surface area contributed by atoms with Gasteiger partial charge in [0.1, 0.15) is 24.8 Å². The van der Waals surface area contributed by atoms with E-state index in [2.05, 4.69) is 15.4 Å². The van der Waals surface area contributed by atoms with E-state index in [0.717, 1.165) is 16.9 Å². The number of nitrogens with zero attached hydrogens (tertiary/aromatic N) is 3. The van der Waals surface area contributed by atoms with Crippen LogP contribution in [0.1, 0.15) is 17.0 Å². The van der Waals surface area contributed by atoms with E-state index in [1.165, 1.54) is 0 Å². The lowest BCUT2D eigenvalue weighted by molar-refractivity contribution is 0.105. The molecule has 0 amide bonds. The van der Waals surface area contributed by atoms with Crippen LogP contribution < -0.4 is 10.1 Å². The first-order valence-corrected chi connectivity index (χ1v) is 6.98. The van der Waals surface area contributed by atoms with Crippen molar-refractivity contribution in [3.63, 3.8) is 0 Å². The summed E-state index contributed by atoms with van der Waals surface area (Å²) in [7, 11) is 1.82. The van der Waals surface area contributed by atoms with Crippen LogP contribution in [-0.4, -0.2) is 39.1 Å². The van der Waals surface area contributed by atoms with Gasteiger partial charge in [-0.05, 0) is 25.0 Å². The standard InChI is InChI=1S/C15H22N4O2/c1-11-5-4-6-12(2)15(11)21-9-13(20)7-16-8-14-17-10-19(3)18-14/h4-6,10,13,16,20H,7-9H2,1-3H3. The third kappa shape index (κ3) is 4.54. The molecule has 6 heteroatoms. The van der Waals surface area contributed by atoms with Crippen molar-refractivity contribution >= 4 is 0 Å². The molecule has 21 heavy (non-hydrogen) atoms. The zero-order valence-corrected chi connectivity index (χ0v) is 12.7. The van der Waals surface area contributed by atoms with Crippen molar-refractivity contribution < 1.29 is 9.84 Å². The SMILES string of the molecule is Cc1cccc(C)c1OCC(O)CNCc1ncn(C)n1. The summed E-state index contributed by atoms with van der Waals surface area (Å²) in [5.41, 5.74) is 2.15. The second-order valence-electron chi connectivity index (χ2n) is 5.15. The maximum Gasteiger partial charge on any atom is 0.164 e. The van der Waals surface area contributed by atoms with Crippen LogP contribution in [0.5, 0.6) is 5.75 Å². The molecular formula is C15H22N4O2. The van der Waals surface area contributed by atoms with Crippen molar-refractivity contribution in [1.82, 2.24) is 20.1 Å². The number of aryl methyl sites for hydroxylation is 3. The molecule has 2 N–H and O–H groups in total. The van der Waals surface area contributed by atoms with Crippen LogP contribution in [-0.2, 0) is 13.6 Å². The van der Waals surface area contributed by atoms with E-state index < -0.39 is 6.10 Å². The minimum Gasteiger partial charge on any atom is -0.490 e. The topological polar surface area (TPSA) is 72.2 Å². The van der Waals surface area contributed by atoms with Crippen LogP contribution in [0.3, 0.4) is 0 Å². The molecule has 1 atom stereocenters. The van der Waals surface area contributed by atoms with Crippen LogP contribution in [0.2, 0.25) is 0 Å². The second kappa shape index (κ2) is 7.19. The van der Waals surface area contributed by atoms with Crippen LogP contribution in [0.4, 0.5) is 0 Å². The highest BCUT2D eigenvalue weighted by Gasteiger charge is 2.09. The Morgan fingerprint density at radius 2 is 2.05 bits per heavy atom. The lowest BCUT2D eigenvalue weighted by Gasteiger charge is -2.15. The molecule has 114 valence electrons. The van der Waals surface area contributed by atoms with Crippen molar-refractivity contribution in [2.24, 2.45) is 7.05 Å². The first kappa shape index (κ1) is 15.5. The summed E-state index contributed by atoms with van der Waals surface area (Å²) >= 11 is 0. The molecular weight excluding hydrogens is 268 g/mol. The largest absolute Gasteiger partial charge is 0.490 e. The highest BCUT2D eigenvalue weighted by atomic mass is 16.5. The number of hydrogen-bond donors (Lipinski definition) is 2. The monoisotopic (exact) mass is 290 g/mol. The van der Waals surface area contributed by atoms with E-state index >= 15 is 0 Å². The summed E-state index contributed by atoms with van der Waals surface area (Å²) in [6.07, 6.45) is 1.07. The van der Waals surface area contributed by atoms with E-state index in [9.17, 15) is 5.11 Å². The smallest absolute Gasteiger partial charge is 0.164 e. The normalized spacial score (nSPS) is 12.4. The number of ether oxygens (including phenoxy) is 1. The van der Waals surface area contributed by atoms with Gasteiger partial charge in [-0.3, -0.25) is 4.68 Å². The summed E-state index contributed by atoms with van der Waals surface area (Å²) in [5, 5.41) is 17.2. The zero-order valence-electron chi connectivity index (χ0n) is 12.7. The number of rotatable bonds is 7. The maximum absolute atomic E-state index is 9.94. The number of aliphatic hydroxyl groups excluding tert-OH is 1. The third-order valence-electron chi connectivity index (χ3n) is 3.14. The van der Waals surface area contributed by atoms with Gasteiger partial charge >= 0.3 is 0 Å². The van der Waals surface area contributed by atoms with Gasteiger partial charge in [-0.2, -0.15) is 5.10 Å². The lowest BCUT2D eigenvalue weighted by Crippen LogP contribution is -2.31. The Hall–Kier alpha value is -1.92. The van der Waals surface area contributed by atoms with Gasteiger partial charge in [-0.1, -0.05) is 18.2 Å². The highest BCUT2D eigenvalue weighted by molar-refractivity contribution is 5.39. The molecule has 0 aliphatic rings. The number of para-hydroxylation sites is 1. The Kier molecular flexibility index (Phi) is 5.30. The molecule has 1 unspecified atom stereocenters. The quantitative estimate of drug-likeness (QED) is 0.795. The number of aliphatic hydroxyl groups is 1. The lowest BCUT2D eigenvalue weighted by atomic mass is 10.1. The van der Waals surface area contributed by atoms with Gasteiger partial charge in [0, 0.05) is 13.6 Å². The van der Waals surface area contributed by atoms with Crippen LogP contribution in [0, 0.1) is 13.8 Å². The van der Waals surface area contributed by atoms with Gasteiger partial charge in [-0.15, -0.1) is 0 Å². The number of hydrogen-bond acceptors (Lipinski definition) is 5. The van der Waals surface area contributed by atoms with Gasteiger partial charge in [0.15, 0.2) is 5.82 Å². The van der Waals surface area contributed by atoms with Crippen LogP contribution in [0.15, 0.2) is 24.5 Å². The number of benzene rings is 1. The molecule has 0 aliphatic carbocycles. The van der Waals surface area contributed by atoms with E-state index in [1.807, 2.05) is 39.1 Å². The molecule has 0 bridgehead atoms. The van der Waals surface area contributed by atoms with Crippen molar-refractivity contribution in [2.45, 2.75) is 26.5 Å².